The Kier molecular flexibility index (Phi) is 4.79. The first-order valence-corrected chi connectivity index (χ1v) is 7.86. The number of amides is 2. The van der Waals surface area contributed by atoms with E-state index in [1.165, 1.54) is 0 Å². The SMILES string of the molecule is CN(C(=O)OC1(C(F)(F)F)OC(=O)Nc2ncc(Cl)cc21)c1ccc(F)cc1. The number of hydrogen-bond donors (Lipinski definition) is 1. The zero-order valence-corrected chi connectivity index (χ0v) is 14.6. The van der Waals surface area contributed by atoms with Crippen LogP contribution in [0.15, 0.2) is 36.5 Å². The minimum atomic E-state index is -5.37. The fourth-order valence-corrected chi connectivity index (χ4v) is 2.56. The molecule has 28 heavy (non-hydrogen) atoms. The number of anilines is 2. The third-order valence-electron chi connectivity index (χ3n) is 3.76. The number of hydrogen-bond acceptors (Lipinski definition) is 5. The topological polar surface area (TPSA) is 80.8 Å². The molecule has 0 saturated heterocycles. The minimum absolute atomic E-state index is 0.0356. The molecule has 1 aromatic carbocycles. The minimum Gasteiger partial charge on any atom is -0.392 e. The third-order valence-corrected chi connectivity index (χ3v) is 3.96. The molecular formula is C16H10ClF4N3O4. The molecule has 1 aromatic heterocycles. The van der Waals surface area contributed by atoms with Crippen LogP contribution >= 0.6 is 11.6 Å². The number of cyclic esters (lactones) is 1. The van der Waals surface area contributed by atoms with Crippen molar-refractivity contribution in [2.24, 2.45) is 0 Å². The summed E-state index contributed by atoms with van der Waals surface area (Å²) in [5, 5.41) is 1.76. The molecule has 0 radical (unpaired) electrons. The first-order valence-electron chi connectivity index (χ1n) is 7.48. The van der Waals surface area contributed by atoms with E-state index in [-0.39, 0.29) is 10.7 Å². The lowest BCUT2D eigenvalue weighted by Gasteiger charge is -2.38. The van der Waals surface area contributed by atoms with Gasteiger partial charge in [0, 0.05) is 18.9 Å². The molecule has 0 bridgehead atoms. The van der Waals surface area contributed by atoms with Crippen LogP contribution in [0.4, 0.5) is 38.7 Å². The normalized spacial score (nSPS) is 18.6. The van der Waals surface area contributed by atoms with Gasteiger partial charge in [-0.05, 0) is 30.3 Å². The Hall–Kier alpha value is -3.08. The molecule has 0 fully saturated rings. The summed E-state index contributed by atoms with van der Waals surface area (Å²) in [4.78, 5) is 28.4. The van der Waals surface area contributed by atoms with Gasteiger partial charge < -0.3 is 9.47 Å². The number of carbonyl (C=O) groups is 2. The van der Waals surface area contributed by atoms with Crippen molar-refractivity contribution in [1.82, 2.24) is 4.98 Å². The first kappa shape index (κ1) is 19.7. The van der Waals surface area contributed by atoms with E-state index >= 15 is 0 Å². The van der Waals surface area contributed by atoms with E-state index in [2.05, 4.69) is 14.5 Å². The largest absolute Gasteiger partial charge is 0.473 e. The highest BCUT2D eigenvalue weighted by Gasteiger charge is 2.67. The maximum Gasteiger partial charge on any atom is 0.473 e. The van der Waals surface area contributed by atoms with E-state index in [0.29, 0.717) is 4.90 Å². The summed E-state index contributed by atoms with van der Waals surface area (Å²) in [6.07, 6.45) is -7.42. The Bertz CT molecular complexity index is 938. The van der Waals surface area contributed by atoms with Crippen LogP contribution in [0, 0.1) is 5.82 Å². The number of aromatic nitrogens is 1. The summed E-state index contributed by atoms with van der Waals surface area (Å²) in [6.45, 7) is 0. The third kappa shape index (κ3) is 3.40. The maximum atomic E-state index is 13.9. The highest BCUT2D eigenvalue weighted by Crippen LogP contribution is 2.48. The smallest absolute Gasteiger partial charge is 0.392 e. The molecule has 0 saturated carbocycles. The average Bonchev–Trinajstić information content (AvgIpc) is 2.61. The van der Waals surface area contributed by atoms with E-state index in [9.17, 15) is 27.2 Å². The summed E-state index contributed by atoms with van der Waals surface area (Å²) >= 11 is 5.72. The Morgan fingerprint density at radius 3 is 2.57 bits per heavy atom. The van der Waals surface area contributed by atoms with Gasteiger partial charge in [0.25, 0.3) is 0 Å². The molecule has 2 aromatic rings. The lowest BCUT2D eigenvalue weighted by atomic mass is 10.0. The molecule has 148 valence electrons. The van der Waals surface area contributed by atoms with Gasteiger partial charge in [-0.2, -0.15) is 13.2 Å². The number of carbonyl (C=O) groups excluding carboxylic acids is 2. The van der Waals surface area contributed by atoms with E-state index in [1.54, 1.807) is 0 Å². The molecule has 12 heteroatoms. The quantitative estimate of drug-likeness (QED) is 0.729. The number of nitrogens with one attached hydrogen (secondary N) is 1. The van der Waals surface area contributed by atoms with Crippen molar-refractivity contribution in [2.45, 2.75) is 12.0 Å². The van der Waals surface area contributed by atoms with E-state index in [4.69, 9.17) is 11.6 Å². The summed E-state index contributed by atoms with van der Waals surface area (Å²) in [5.41, 5.74) is -0.776. The summed E-state index contributed by atoms with van der Waals surface area (Å²) in [6, 6.07) is 5.11. The van der Waals surface area contributed by atoms with Crippen LogP contribution in [0.2, 0.25) is 5.02 Å². The zero-order chi connectivity index (χ0) is 20.7. The van der Waals surface area contributed by atoms with Crippen molar-refractivity contribution in [3.05, 3.63) is 52.9 Å². The van der Waals surface area contributed by atoms with E-state index < -0.39 is 41.3 Å². The number of pyridine rings is 1. The molecule has 1 unspecified atom stereocenters. The Morgan fingerprint density at radius 2 is 1.96 bits per heavy atom. The lowest BCUT2D eigenvalue weighted by Crippen LogP contribution is -2.54. The lowest BCUT2D eigenvalue weighted by molar-refractivity contribution is -0.350. The van der Waals surface area contributed by atoms with Gasteiger partial charge in [0.1, 0.15) is 11.6 Å². The summed E-state index contributed by atoms with van der Waals surface area (Å²) in [5.74, 6) is -4.93. The standard InChI is InChI=1S/C16H10ClF4N3O4/c1-24(10-4-2-9(18)3-5-10)14(26)28-15(16(19,20)21)11-6-8(17)7-22-12(11)23-13(25)27-15/h2-7H,1H3,(H,22,23,25). The highest BCUT2D eigenvalue weighted by atomic mass is 35.5. The average molecular weight is 420 g/mol. The molecule has 1 aliphatic rings. The molecule has 1 N–H and O–H groups in total. The van der Waals surface area contributed by atoms with Crippen molar-refractivity contribution in [3.63, 3.8) is 0 Å². The second-order valence-corrected chi connectivity index (χ2v) is 6.02. The molecule has 2 amide bonds. The van der Waals surface area contributed by atoms with Gasteiger partial charge in [0.05, 0.1) is 10.6 Å². The van der Waals surface area contributed by atoms with Crippen LogP contribution in [0.5, 0.6) is 0 Å². The van der Waals surface area contributed by atoms with Gasteiger partial charge >= 0.3 is 24.1 Å². The van der Waals surface area contributed by atoms with Crippen LogP contribution in [-0.4, -0.2) is 30.4 Å². The molecule has 3 rings (SSSR count). The van der Waals surface area contributed by atoms with Crippen LogP contribution in [0.3, 0.4) is 0 Å². The number of nitrogens with zero attached hydrogens (tertiary/aromatic N) is 2. The predicted octanol–water partition coefficient (Wildman–Crippen LogP) is 4.42. The first-order chi connectivity index (χ1) is 13.0. The Balaban J connectivity index is 2.04. The number of rotatable bonds is 2. The van der Waals surface area contributed by atoms with Crippen molar-refractivity contribution in [3.8, 4) is 0 Å². The van der Waals surface area contributed by atoms with Gasteiger partial charge in [-0.1, -0.05) is 11.6 Å². The number of alkyl halides is 3. The van der Waals surface area contributed by atoms with E-state index in [1.807, 2.05) is 5.32 Å². The molecule has 0 spiro atoms. The van der Waals surface area contributed by atoms with Gasteiger partial charge in [-0.3, -0.25) is 10.2 Å². The molecule has 1 aliphatic heterocycles. The molecular weight excluding hydrogens is 410 g/mol. The van der Waals surface area contributed by atoms with Gasteiger partial charge in [0.15, 0.2) is 0 Å². The van der Waals surface area contributed by atoms with Gasteiger partial charge in [0.2, 0.25) is 0 Å². The van der Waals surface area contributed by atoms with Gasteiger partial charge in [-0.15, -0.1) is 0 Å². The fraction of sp³-hybridized carbons (Fsp3) is 0.188. The number of benzene rings is 1. The number of ether oxygens (including phenoxy) is 2. The number of halogens is 5. The number of fused-ring (bicyclic) bond motifs is 1. The summed E-state index contributed by atoms with van der Waals surface area (Å²) < 4.78 is 63.9. The maximum absolute atomic E-state index is 13.9. The second-order valence-electron chi connectivity index (χ2n) is 5.58. The molecule has 2 heterocycles. The van der Waals surface area contributed by atoms with Crippen molar-refractivity contribution < 1.29 is 36.6 Å². The van der Waals surface area contributed by atoms with Crippen molar-refractivity contribution in [1.29, 1.82) is 0 Å². The predicted molar refractivity (Wildman–Crippen MR) is 88.4 cm³/mol. The van der Waals surface area contributed by atoms with Crippen molar-refractivity contribution in [2.75, 3.05) is 17.3 Å². The van der Waals surface area contributed by atoms with Crippen LogP contribution < -0.4 is 10.2 Å². The molecule has 7 nitrogen and oxygen atoms in total. The zero-order valence-electron chi connectivity index (χ0n) is 13.9. The fourth-order valence-electron chi connectivity index (χ4n) is 2.40. The van der Waals surface area contributed by atoms with Gasteiger partial charge in [-0.25, -0.2) is 19.0 Å². The second kappa shape index (κ2) is 6.82. The molecule has 1 atom stereocenters. The van der Waals surface area contributed by atoms with E-state index in [0.717, 1.165) is 43.6 Å². The Labute approximate surface area is 159 Å². The van der Waals surface area contributed by atoms with Crippen molar-refractivity contribution >= 4 is 35.3 Å². The van der Waals surface area contributed by atoms with Crippen LogP contribution in [0.1, 0.15) is 5.56 Å². The van der Waals surface area contributed by atoms with Crippen LogP contribution in [-0.2, 0) is 15.3 Å². The highest BCUT2D eigenvalue weighted by molar-refractivity contribution is 6.30. The Morgan fingerprint density at radius 1 is 1.32 bits per heavy atom. The van der Waals surface area contributed by atoms with Crippen LogP contribution in [0.25, 0.3) is 0 Å². The molecule has 0 aliphatic carbocycles. The summed E-state index contributed by atoms with van der Waals surface area (Å²) in [7, 11) is 1.10. The monoisotopic (exact) mass is 419 g/mol.